The summed E-state index contributed by atoms with van der Waals surface area (Å²) in [4.78, 5) is 2.06. The predicted octanol–water partition coefficient (Wildman–Crippen LogP) is 2.37. The highest BCUT2D eigenvalue weighted by molar-refractivity contribution is 5.48. The van der Waals surface area contributed by atoms with E-state index < -0.39 is 5.60 Å². The Bertz CT molecular complexity index is 353. The van der Waals surface area contributed by atoms with Gasteiger partial charge in [0.2, 0.25) is 0 Å². The van der Waals surface area contributed by atoms with Gasteiger partial charge in [-0.15, -0.1) is 0 Å². The fourth-order valence-corrected chi connectivity index (χ4v) is 1.98. The van der Waals surface area contributed by atoms with Crippen molar-refractivity contribution in [3.63, 3.8) is 0 Å². The van der Waals surface area contributed by atoms with Crippen molar-refractivity contribution in [2.75, 3.05) is 19.0 Å². The van der Waals surface area contributed by atoms with Crippen LogP contribution in [0.1, 0.15) is 25.3 Å². The highest BCUT2D eigenvalue weighted by Crippen LogP contribution is 2.45. The van der Waals surface area contributed by atoms with Crippen LogP contribution in [0.5, 0.6) is 0 Å². The molecule has 1 aliphatic rings. The van der Waals surface area contributed by atoms with Crippen LogP contribution in [-0.2, 0) is 5.60 Å². The van der Waals surface area contributed by atoms with Crippen molar-refractivity contribution in [1.29, 1.82) is 0 Å². The zero-order chi connectivity index (χ0) is 11.1. The van der Waals surface area contributed by atoms with E-state index >= 15 is 0 Å². The van der Waals surface area contributed by atoms with Crippen LogP contribution in [0.4, 0.5) is 5.69 Å². The molecule has 0 heterocycles. The number of hydrogen-bond acceptors (Lipinski definition) is 2. The highest BCUT2D eigenvalue weighted by atomic mass is 16.3. The second kappa shape index (κ2) is 3.53. The summed E-state index contributed by atoms with van der Waals surface area (Å²) in [6.07, 6.45) is 2.30. The molecular weight excluding hydrogens is 186 g/mol. The fourth-order valence-electron chi connectivity index (χ4n) is 1.98. The van der Waals surface area contributed by atoms with Gasteiger partial charge in [-0.05, 0) is 43.4 Å². The quantitative estimate of drug-likeness (QED) is 0.819. The molecule has 82 valence electrons. The summed E-state index contributed by atoms with van der Waals surface area (Å²) in [5.41, 5.74) is 1.54. The second-order valence-electron chi connectivity index (χ2n) is 4.87. The van der Waals surface area contributed by atoms with Gasteiger partial charge in [0.1, 0.15) is 0 Å². The highest BCUT2D eigenvalue weighted by Gasteiger charge is 2.41. The Hall–Kier alpha value is -1.02. The molecule has 1 saturated carbocycles. The minimum absolute atomic E-state index is 0.454. The summed E-state index contributed by atoms with van der Waals surface area (Å²) in [5.74, 6) is 0.454. The summed E-state index contributed by atoms with van der Waals surface area (Å²) in [6, 6.07) is 8.18. The van der Waals surface area contributed by atoms with E-state index in [0.717, 1.165) is 24.1 Å². The Labute approximate surface area is 91.5 Å². The van der Waals surface area contributed by atoms with Gasteiger partial charge in [-0.25, -0.2) is 0 Å². The van der Waals surface area contributed by atoms with E-state index in [9.17, 15) is 5.11 Å². The number of anilines is 1. The summed E-state index contributed by atoms with van der Waals surface area (Å²) in [6.45, 7) is 1.93. The third-order valence-electron chi connectivity index (χ3n) is 3.32. The molecule has 1 atom stereocenters. The molecule has 0 aromatic heterocycles. The van der Waals surface area contributed by atoms with E-state index in [1.165, 1.54) is 0 Å². The maximum atomic E-state index is 10.4. The molecule has 0 bridgehead atoms. The Balaban J connectivity index is 2.31. The SMILES string of the molecule is CN(C)c1cccc([C@](C)(O)C2CC2)c1. The molecule has 0 saturated heterocycles. The van der Waals surface area contributed by atoms with Gasteiger partial charge in [-0.2, -0.15) is 0 Å². The molecule has 1 aromatic rings. The molecular formula is C13H19NO. The average Bonchev–Trinajstić information content (AvgIpc) is 3.01. The Kier molecular flexibility index (Phi) is 2.47. The summed E-state index contributed by atoms with van der Waals surface area (Å²) in [7, 11) is 4.04. The van der Waals surface area contributed by atoms with Crippen molar-refractivity contribution in [2.45, 2.75) is 25.4 Å². The summed E-state index contributed by atoms with van der Waals surface area (Å²) in [5, 5.41) is 10.4. The maximum Gasteiger partial charge on any atom is 0.0897 e. The van der Waals surface area contributed by atoms with Crippen LogP contribution in [0.3, 0.4) is 0 Å². The van der Waals surface area contributed by atoms with Crippen molar-refractivity contribution < 1.29 is 5.11 Å². The minimum Gasteiger partial charge on any atom is -0.385 e. The van der Waals surface area contributed by atoms with Gasteiger partial charge < -0.3 is 10.0 Å². The molecule has 0 spiro atoms. The molecule has 15 heavy (non-hydrogen) atoms. The van der Waals surface area contributed by atoms with Gasteiger partial charge >= 0.3 is 0 Å². The topological polar surface area (TPSA) is 23.5 Å². The van der Waals surface area contributed by atoms with Gasteiger partial charge in [0, 0.05) is 19.8 Å². The van der Waals surface area contributed by atoms with E-state index in [4.69, 9.17) is 0 Å². The molecule has 1 aliphatic carbocycles. The largest absolute Gasteiger partial charge is 0.385 e. The van der Waals surface area contributed by atoms with Crippen LogP contribution < -0.4 is 4.90 Å². The standard InChI is InChI=1S/C13H19NO/c1-13(15,10-7-8-10)11-5-4-6-12(9-11)14(2)3/h4-6,9-10,15H,7-8H2,1-3H3/t13-/m1/s1. The van der Waals surface area contributed by atoms with E-state index in [2.05, 4.69) is 17.0 Å². The number of hydrogen-bond donors (Lipinski definition) is 1. The molecule has 2 heteroatoms. The zero-order valence-electron chi connectivity index (χ0n) is 9.70. The smallest absolute Gasteiger partial charge is 0.0897 e. The lowest BCUT2D eigenvalue weighted by molar-refractivity contribution is 0.0331. The van der Waals surface area contributed by atoms with Crippen molar-refractivity contribution in [3.8, 4) is 0 Å². The van der Waals surface area contributed by atoms with Crippen molar-refractivity contribution >= 4 is 5.69 Å². The van der Waals surface area contributed by atoms with Crippen LogP contribution in [0.2, 0.25) is 0 Å². The Morgan fingerprint density at radius 1 is 1.33 bits per heavy atom. The number of nitrogens with zero attached hydrogens (tertiary/aromatic N) is 1. The summed E-state index contributed by atoms with van der Waals surface area (Å²) < 4.78 is 0. The third kappa shape index (κ3) is 2.00. The molecule has 1 N–H and O–H groups in total. The van der Waals surface area contributed by atoms with Gasteiger partial charge in [-0.1, -0.05) is 12.1 Å². The third-order valence-corrected chi connectivity index (χ3v) is 3.32. The van der Waals surface area contributed by atoms with E-state index in [1.54, 1.807) is 0 Å². The number of rotatable bonds is 3. The molecule has 0 unspecified atom stereocenters. The first-order valence-corrected chi connectivity index (χ1v) is 5.52. The molecule has 0 radical (unpaired) electrons. The van der Waals surface area contributed by atoms with Gasteiger partial charge in [0.05, 0.1) is 5.60 Å². The average molecular weight is 205 g/mol. The maximum absolute atomic E-state index is 10.4. The van der Waals surface area contributed by atoms with E-state index in [-0.39, 0.29) is 0 Å². The van der Waals surface area contributed by atoms with Crippen LogP contribution >= 0.6 is 0 Å². The lowest BCUT2D eigenvalue weighted by Gasteiger charge is -2.25. The second-order valence-corrected chi connectivity index (χ2v) is 4.87. The monoisotopic (exact) mass is 205 g/mol. The van der Waals surface area contributed by atoms with E-state index in [0.29, 0.717) is 5.92 Å². The van der Waals surface area contributed by atoms with Crippen LogP contribution in [-0.4, -0.2) is 19.2 Å². The van der Waals surface area contributed by atoms with Gasteiger partial charge in [-0.3, -0.25) is 0 Å². The molecule has 0 amide bonds. The summed E-state index contributed by atoms with van der Waals surface area (Å²) >= 11 is 0. The first-order chi connectivity index (χ1) is 7.01. The van der Waals surface area contributed by atoms with Gasteiger partial charge in [0.15, 0.2) is 0 Å². The zero-order valence-corrected chi connectivity index (χ0v) is 9.70. The molecule has 1 fully saturated rings. The molecule has 1 aromatic carbocycles. The lowest BCUT2D eigenvalue weighted by atomic mass is 9.90. The number of aliphatic hydroxyl groups is 1. The molecule has 2 nitrogen and oxygen atoms in total. The number of benzene rings is 1. The minimum atomic E-state index is -0.647. The Morgan fingerprint density at radius 2 is 2.00 bits per heavy atom. The molecule has 0 aliphatic heterocycles. The predicted molar refractivity (Wildman–Crippen MR) is 63.1 cm³/mol. The van der Waals surface area contributed by atoms with Crippen LogP contribution in [0, 0.1) is 5.92 Å². The van der Waals surface area contributed by atoms with Gasteiger partial charge in [0.25, 0.3) is 0 Å². The first-order valence-electron chi connectivity index (χ1n) is 5.52. The fraction of sp³-hybridized carbons (Fsp3) is 0.538. The van der Waals surface area contributed by atoms with Crippen molar-refractivity contribution in [2.24, 2.45) is 5.92 Å². The first kappa shape index (κ1) is 10.5. The van der Waals surface area contributed by atoms with Crippen molar-refractivity contribution in [3.05, 3.63) is 29.8 Å². The Morgan fingerprint density at radius 3 is 2.53 bits per heavy atom. The van der Waals surface area contributed by atoms with Crippen LogP contribution in [0.15, 0.2) is 24.3 Å². The normalized spacial score (nSPS) is 19.7. The molecule has 2 rings (SSSR count). The lowest BCUT2D eigenvalue weighted by Crippen LogP contribution is -2.24. The van der Waals surface area contributed by atoms with Crippen molar-refractivity contribution in [1.82, 2.24) is 0 Å². The van der Waals surface area contributed by atoms with E-state index in [1.807, 2.05) is 33.2 Å². The van der Waals surface area contributed by atoms with Crippen LogP contribution in [0.25, 0.3) is 0 Å².